The van der Waals surface area contributed by atoms with Gasteiger partial charge in [0.2, 0.25) is 0 Å². The van der Waals surface area contributed by atoms with Crippen LogP contribution in [0.4, 0.5) is 0 Å². The van der Waals surface area contributed by atoms with Gasteiger partial charge in [-0.1, -0.05) is 24.3 Å². The van der Waals surface area contributed by atoms with Crippen LogP contribution in [0.1, 0.15) is 6.42 Å². The summed E-state index contributed by atoms with van der Waals surface area (Å²) in [6.07, 6.45) is 9.94. The van der Waals surface area contributed by atoms with Gasteiger partial charge in [-0.3, -0.25) is 0 Å². The van der Waals surface area contributed by atoms with Gasteiger partial charge in [-0.2, -0.15) is 0 Å². The lowest BCUT2D eigenvalue weighted by atomic mass is 9.84. The van der Waals surface area contributed by atoms with E-state index in [4.69, 9.17) is 0 Å². The van der Waals surface area contributed by atoms with Gasteiger partial charge in [-0.05, 0) is 24.2 Å². The molecule has 0 aliphatic heterocycles. The standard InChI is InChI=1S/C10H12O/c11-9-4-3-8-6-1-2-7(5-6)10(8)9/h1-4,6-11H,5H2/t6-,7+,8+,9+,10+/m0/s1. The molecule has 0 aromatic heterocycles. The van der Waals surface area contributed by atoms with Crippen LogP contribution in [0.15, 0.2) is 24.3 Å². The Bertz CT molecular complexity index is 241. The third-order valence-electron chi connectivity index (χ3n) is 3.51. The molecule has 11 heavy (non-hydrogen) atoms. The predicted octanol–water partition coefficient (Wildman–Crippen LogP) is 1.36. The zero-order valence-electron chi connectivity index (χ0n) is 6.35. The number of rotatable bonds is 0. The average molecular weight is 148 g/mol. The Morgan fingerprint density at radius 3 is 2.64 bits per heavy atom. The Morgan fingerprint density at radius 2 is 1.82 bits per heavy atom. The predicted molar refractivity (Wildman–Crippen MR) is 42.9 cm³/mol. The first-order chi connectivity index (χ1) is 5.36. The molecule has 1 N–H and O–H groups in total. The van der Waals surface area contributed by atoms with Gasteiger partial charge in [0.15, 0.2) is 0 Å². The van der Waals surface area contributed by atoms with Crippen LogP contribution in [0, 0.1) is 23.7 Å². The lowest BCUT2D eigenvalue weighted by Gasteiger charge is -2.22. The van der Waals surface area contributed by atoms with Crippen LogP contribution >= 0.6 is 0 Å². The fraction of sp³-hybridized carbons (Fsp3) is 0.600. The van der Waals surface area contributed by atoms with Gasteiger partial charge < -0.3 is 5.11 Å². The molecule has 1 saturated carbocycles. The van der Waals surface area contributed by atoms with Crippen molar-refractivity contribution in [3.8, 4) is 0 Å². The highest BCUT2D eigenvalue weighted by Crippen LogP contribution is 2.52. The number of allylic oxidation sites excluding steroid dienone is 3. The summed E-state index contributed by atoms with van der Waals surface area (Å²) in [5.41, 5.74) is 0. The summed E-state index contributed by atoms with van der Waals surface area (Å²) in [6, 6.07) is 0. The molecule has 1 nitrogen and oxygen atoms in total. The number of aliphatic hydroxyl groups is 1. The Kier molecular flexibility index (Phi) is 0.972. The second-order valence-corrected chi connectivity index (χ2v) is 3.98. The summed E-state index contributed by atoms with van der Waals surface area (Å²) in [6.45, 7) is 0. The summed E-state index contributed by atoms with van der Waals surface area (Å²) in [5.74, 6) is 2.62. The molecule has 1 fully saturated rings. The maximum Gasteiger partial charge on any atom is 0.0760 e. The van der Waals surface area contributed by atoms with Crippen molar-refractivity contribution in [1.29, 1.82) is 0 Å². The molecule has 0 heterocycles. The highest BCUT2D eigenvalue weighted by Gasteiger charge is 2.48. The van der Waals surface area contributed by atoms with E-state index >= 15 is 0 Å². The van der Waals surface area contributed by atoms with Gasteiger partial charge in [0.25, 0.3) is 0 Å². The second kappa shape index (κ2) is 1.78. The van der Waals surface area contributed by atoms with Crippen LogP contribution in [-0.4, -0.2) is 11.2 Å². The van der Waals surface area contributed by atoms with Crippen molar-refractivity contribution in [1.82, 2.24) is 0 Å². The van der Waals surface area contributed by atoms with Gasteiger partial charge in [0.05, 0.1) is 6.10 Å². The molecule has 0 unspecified atom stereocenters. The van der Waals surface area contributed by atoms with Gasteiger partial charge >= 0.3 is 0 Å². The van der Waals surface area contributed by atoms with Crippen LogP contribution in [-0.2, 0) is 0 Å². The molecule has 0 aromatic rings. The molecule has 58 valence electrons. The van der Waals surface area contributed by atoms with Gasteiger partial charge in [-0.25, -0.2) is 0 Å². The molecule has 0 aromatic carbocycles. The van der Waals surface area contributed by atoms with Crippen molar-refractivity contribution < 1.29 is 5.11 Å². The van der Waals surface area contributed by atoms with Crippen LogP contribution in [0.5, 0.6) is 0 Å². The number of fused-ring (bicyclic) bond motifs is 5. The summed E-state index contributed by atoms with van der Waals surface area (Å²) < 4.78 is 0. The lowest BCUT2D eigenvalue weighted by molar-refractivity contribution is 0.132. The Labute approximate surface area is 66.4 Å². The van der Waals surface area contributed by atoms with E-state index in [2.05, 4.69) is 18.2 Å². The van der Waals surface area contributed by atoms with Crippen molar-refractivity contribution >= 4 is 0 Å². The summed E-state index contributed by atoms with van der Waals surface area (Å²) in [5, 5.41) is 9.60. The van der Waals surface area contributed by atoms with Crippen LogP contribution in [0.3, 0.4) is 0 Å². The molecule has 3 aliphatic rings. The maximum absolute atomic E-state index is 9.60. The molecule has 0 amide bonds. The third-order valence-corrected chi connectivity index (χ3v) is 3.51. The van der Waals surface area contributed by atoms with E-state index in [1.165, 1.54) is 6.42 Å². The van der Waals surface area contributed by atoms with E-state index < -0.39 is 0 Å². The maximum atomic E-state index is 9.60. The molecule has 0 radical (unpaired) electrons. The van der Waals surface area contributed by atoms with Crippen molar-refractivity contribution in [3.05, 3.63) is 24.3 Å². The molecular weight excluding hydrogens is 136 g/mol. The minimum Gasteiger partial charge on any atom is -0.389 e. The minimum atomic E-state index is -0.153. The molecule has 0 spiro atoms. The smallest absolute Gasteiger partial charge is 0.0760 e. The van der Waals surface area contributed by atoms with E-state index in [0.29, 0.717) is 17.8 Å². The second-order valence-electron chi connectivity index (χ2n) is 3.98. The zero-order chi connectivity index (χ0) is 7.42. The topological polar surface area (TPSA) is 20.2 Å². The van der Waals surface area contributed by atoms with Gasteiger partial charge in [0.1, 0.15) is 0 Å². The van der Waals surface area contributed by atoms with Crippen LogP contribution in [0.25, 0.3) is 0 Å². The fourth-order valence-corrected chi connectivity index (χ4v) is 3.02. The number of hydrogen-bond acceptors (Lipinski definition) is 1. The van der Waals surface area contributed by atoms with Crippen molar-refractivity contribution in [2.24, 2.45) is 23.7 Å². The van der Waals surface area contributed by atoms with Crippen LogP contribution in [0.2, 0.25) is 0 Å². The largest absolute Gasteiger partial charge is 0.389 e. The summed E-state index contributed by atoms with van der Waals surface area (Å²) >= 11 is 0. The molecule has 5 atom stereocenters. The molecule has 1 heteroatoms. The van der Waals surface area contributed by atoms with Crippen molar-refractivity contribution in [2.75, 3.05) is 0 Å². The summed E-state index contributed by atoms with van der Waals surface area (Å²) in [4.78, 5) is 0. The average Bonchev–Trinajstić information content (AvgIpc) is 2.60. The molecule has 3 aliphatic carbocycles. The van der Waals surface area contributed by atoms with Gasteiger partial charge in [-0.15, -0.1) is 0 Å². The fourth-order valence-electron chi connectivity index (χ4n) is 3.02. The highest BCUT2D eigenvalue weighted by molar-refractivity contribution is 5.24. The minimum absolute atomic E-state index is 0.153. The Morgan fingerprint density at radius 1 is 1.00 bits per heavy atom. The normalized spacial score (nSPS) is 57.4. The summed E-state index contributed by atoms with van der Waals surface area (Å²) in [7, 11) is 0. The quantitative estimate of drug-likeness (QED) is 0.514. The zero-order valence-corrected chi connectivity index (χ0v) is 6.35. The first kappa shape index (κ1) is 6.01. The SMILES string of the molecule is O[C@@H]1C=C[C@H]2[C@H]1[C@@H]1C=C[C@H]2C1. The van der Waals surface area contributed by atoms with Gasteiger partial charge in [0, 0.05) is 5.92 Å². The molecular formula is C10H12O. The van der Waals surface area contributed by atoms with E-state index in [-0.39, 0.29) is 6.10 Å². The number of hydrogen-bond donors (Lipinski definition) is 1. The Hall–Kier alpha value is -0.560. The van der Waals surface area contributed by atoms with Crippen molar-refractivity contribution in [3.63, 3.8) is 0 Å². The monoisotopic (exact) mass is 148 g/mol. The lowest BCUT2D eigenvalue weighted by Crippen LogP contribution is -2.23. The Balaban J connectivity index is 2.02. The van der Waals surface area contributed by atoms with Crippen LogP contribution < -0.4 is 0 Å². The molecule has 2 bridgehead atoms. The van der Waals surface area contributed by atoms with Crippen molar-refractivity contribution in [2.45, 2.75) is 12.5 Å². The van der Waals surface area contributed by atoms with E-state index in [1.54, 1.807) is 0 Å². The first-order valence-corrected chi connectivity index (χ1v) is 4.41. The van der Waals surface area contributed by atoms with E-state index in [1.807, 2.05) is 6.08 Å². The highest BCUT2D eigenvalue weighted by atomic mass is 16.3. The van der Waals surface area contributed by atoms with E-state index in [9.17, 15) is 5.11 Å². The molecule has 0 saturated heterocycles. The molecule has 3 rings (SSSR count). The third kappa shape index (κ3) is 0.603. The first-order valence-electron chi connectivity index (χ1n) is 4.41. The number of aliphatic hydroxyl groups excluding tert-OH is 1. The van der Waals surface area contributed by atoms with E-state index in [0.717, 1.165) is 5.92 Å².